The Hall–Kier alpha value is -3.34. The Kier molecular flexibility index (Phi) is 7.51. The van der Waals surface area contributed by atoms with Gasteiger partial charge >= 0.3 is 0 Å². The maximum absolute atomic E-state index is 12.6. The van der Waals surface area contributed by atoms with E-state index in [2.05, 4.69) is 58.2 Å². The van der Waals surface area contributed by atoms with Gasteiger partial charge in [0, 0.05) is 10.7 Å². The van der Waals surface area contributed by atoms with Crippen LogP contribution in [0.25, 0.3) is 16.8 Å². The number of ether oxygens (including phenoxy) is 1. The fourth-order valence-electron chi connectivity index (χ4n) is 3.45. The number of hydrogen-bond acceptors (Lipinski definition) is 3. The maximum Gasteiger partial charge on any atom is 0.266 e. The topological polar surface area (TPSA) is 62.1 Å². The van der Waals surface area contributed by atoms with Crippen molar-refractivity contribution in [1.82, 2.24) is 0 Å². The van der Waals surface area contributed by atoms with Crippen LogP contribution < -0.4 is 10.1 Å². The zero-order chi connectivity index (χ0) is 24.1. The van der Waals surface area contributed by atoms with Gasteiger partial charge in [0.05, 0.1) is 3.57 Å². The first-order chi connectivity index (χ1) is 16.4. The Labute approximate surface area is 217 Å². The molecule has 0 atom stereocenters. The highest BCUT2D eigenvalue weighted by Gasteiger charge is 2.12. The molecule has 0 radical (unpaired) electrons. The van der Waals surface area contributed by atoms with E-state index in [0.717, 1.165) is 26.0 Å². The van der Waals surface area contributed by atoms with E-state index in [1.165, 1.54) is 10.8 Å². The lowest BCUT2D eigenvalue weighted by Gasteiger charge is -2.10. The van der Waals surface area contributed by atoms with Crippen molar-refractivity contribution in [1.29, 1.82) is 5.26 Å². The first-order valence-electron chi connectivity index (χ1n) is 10.5. The Morgan fingerprint density at radius 2 is 1.85 bits per heavy atom. The van der Waals surface area contributed by atoms with Gasteiger partial charge < -0.3 is 10.1 Å². The molecule has 0 aliphatic carbocycles. The third-order valence-electron chi connectivity index (χ3n) is 5.29. The van der Waals surface area contributed by atoms with Crippen molar-refractivity contribution >= 4 is 62.6 Å². The van der Waals surface area contributed by atoms with Crippen molar-refractivity contribution in [2.75, 3.05) is 5.32 Å². The van der Waals surface area contributed by atoms with Gasteiger partial charge in [-0.3, -0.25) is 4.79 Å². The SMILES string of the molecule is Cc1ccc(Cl)cc1NC(=O)/C(C#N)=C/c1ccc(OCc2ccc3ccccc3c2)c(I)c1. The molecule has 4 nitrogen and oxygen atoms in total. The summed E-state index contributed by atoms with van der Waals surface area (Å²) in [7, 11) is 0. The minimum Gasteiger partial charge on any atom is -0.488 e. The van der Waals surface area contributed by atoms with Gasteiger partial charge in [-0.25, -0.2) is 0 Å². The second-order valence-corrected chi connectivity index (χ2v) is 9.34. The zero-order valence-electron chi connectivity index (χ0n) is 18.3. The number of amides is 1. The molecule has 6 heteroatoms. The molecule has 0 heterocycles. The third-order valence-corrected chi connectivity index (χ3v) is 6.37. The number of anilines is 1. The summed E-state index contributed by atoms with van der Waals surface area (Å²) in [6, 6.07) is 27.3. The molecule has 4 aromatic rings. The third kappa shape index (κ3) is 5.77. The molecule has 0 aromatic heterocycles. The standard InChI is InChI=1S/C28H20ClIN2O2/c1-18-6-10-24(29)15-26(18)32-28(33)23(16-31)12-19-8-11-27(25(30)14-19)34-17-20-7-9-21-4-2-3-5-22(21)13-20/h2-15H,17H2,1H3,(H,32,33)/b23-12+. The van der Waals surface area contributed by atoms with Crippen molar-refractivity contribution < 1.29 is 9.53 Å². The fraction of sp³-hybridized carbons (Fsp3) is 0.0714. The first kappa shape index (κ1) is 23.8. The maximum atomic E-state index is 12.6. The van der Waals surface area contributed by atoms with Crippen LogP contribution in [0.4, 0.5) is 5.69 Å². The molecule has 0 aliphatic rings. The van der Waals surface area contributed by atoms with E-state index in [1.54, 1.807) is 18.2 Å². The Morgan fingerprint density at radius 1 is 1.06 bits per heavy atom. The molecule has 4 rings (SSSR count). The van der Waals surface area contributed by atoms with E-state index in [1.807, 2.05) is 49.4 Å². The van der Waals surface area contributed by atoms with Crippen molar-refractivity contribution in [3.05, 3.63) is 110 Å². The molecule has 0 bridgehead atoms. The molecular weight excluding hydrogens is 559 g/mol. The van der Waals surface area contributed by atoms with E-state index >= 15 is 0 Å². The molecule has 0 saturated heterocycles. The number of carbonyl (C=O) groups is 1. The van der Waals surface area contributed by atoms with Crippen LogP contribution in [0.5, 0.6) is 5.75 Å². The number of hydrogen-bond donors (Lipinski definition) is 1. The molecule has 0 fully saturated rings. The van der Waals surface area contributed by atoms with E-state index in [9.17, 15) is 10.1 Å². The lowest BCUT2D eigenvalue weighted by molar-refractivity contribution is -0.112. The van der Waals surface area contributed by atoms with Gasteiger partial charge in [-0.05, 0) is 93.4 Å². The number of benzene rings is 4. The zero-order valence-corrected chi connectivity index (χ0v) is 21.2. The van der Waals surface area contributed by atoms with Crippen molar-refractivity contribution in [2.24, 2.45) is 0 Å². The van der Waals surface area contributed by atoms with E-state index in [4.69, 9.17) is 16.3 Å². The Bertz CT molecular complexity index is 1460. The molecule has 1 amide bonds. The minimum absolute atomic E-state index is 0.00000699. The van der Waals surface area contributed by atoms with Crippen molar-refractivity contribution in [2.45, 2.75) is 13.5 Å². The van der Waals surface area contributed by atoms with Crippen LogP contribution in [0.2, 0.25) is 5.02 Å². The number of aryl methyl sites for hydroxylation is 1. The molecule has 0 unspecified atom stereocenters. The van der Waals surface area contributed by atoms with Crippen LogP contribution in [0, 0.1) is 21.8 Å². The van der Waals surface area contributed by atoms with E-state index in [-0.39, 0.29) is 5.57 Å². The Morgan fingerprint density at radius 3 is 2.62 bits per heavy atom. The van der Waals surface area contributed by atoms with Crippen LogP contribution in [0.1, 0.15) is 16.7 Å². The van der Waals surface area contributed by atoms with Crippen molar-refractivity contribution in [3.63, 3.8) is 0 Å². The average molecular weight is 579 g/mol. The van der Waals surface area contributed by atoms with Gasteiger partial charge in [0.2, 0.25) is 0 Å². The number of nitrogens with one attached hydrogen (secondary N) is 1. The number of halogens is 2. The minimum atomic E-state index is -0.487. The molecule has 168 valence electrons. The van der Waals surface area contributed by atoms with E-state index in [0.29, 0.717) is 17.3 Å². The normalized spacial score (nSPS) is 11.2. The quantitative estimate of drug-likeness (QED) is 0.146. The summed E-state index contributed by atoms with van der Waals surface area (Å²) in [5, 5.41) is 15.2. The predicted octanol–water partition coefficient (Wildman–Crippen LogP) is 7.53. The Balaban J connectivity index is 1.46. The fourth-order valence-corrected chi connectivity index (χ4v) is 4.31. The first-order valence-corrected chi connectivity index (χ1v) is 12.0. The lowest BCUT2D eigenvalue weighted by atomic mass is 10.1. The van der Waals surface area contributed by atoms with Crippen molar-refractivity contribution in [3.8, 4) is 11.8 Å². The highest BCUT2D eigenvalue weighted by Crippen LogP contribution is 2.26. The van der Waals surface area contributed by atoms with Crippen LogP contribution in [-0.2, 0) is 11.4 Å². The number of nitrogens with zero attached hydrogens (tertiary/aromatic N) is 1. The molecule has 1 N–H and O–H groups in total. The van der Waals surface area contributed by atoms with Gasteiger partial charge in [-0.2, -0.15) is 5.26 Å². The van der Waals surface area contributed by atoms with Crippen LogP contribution in [0.3, 0.4) is 0 Å². The van der Waals surface area contributed by atoms with Crippen LogP contribution >= 0.6 is 34.2 Å². The monoisotopic (exact) mass is 578 g/mol. The van der Waals surface area contributed by atoms with Gasteiger partial charge in [0.15, 0.2) is 0 Å². The summed E-state index contributed by atoms with van der Waals surface area (Å²) in [6.45, 7) is 2.31. The summed E-state index contributed by atoms with van der Waals surface area (Å²) in [6.07, 6.45) is 1.56. The highest BCUT2D eigenvalue weighted by atomic mass is 127. The highest BCUT2D eigenvalue weighted by molar-refractivity contribution is 14.1. The van der Waals surface area contributed by atoms with Gasteiger partial charge in [0.25, 0.3) is 5.91 Å². The summed E-state index contributed by atoms with van der Waals surface area (Å²) in [5.74, 6) is 0.253. The lowest BCUT2D eigenvalue weighted by Crippen LogP contribution is -2.14. The van der Waals surface area contributed by atoms with Crippen LogP contribution in [-0.4, -0.2) is 5.91 Å². The molecular formula is C28H20ClIN2O2. The number of rotatable bonds is 6. The smallest absolute Gasteiger partial charge is 0.266 e. The number of fused-ring (bicyclic) bond motifs is 1. The molecule has 4 aromatic carbocycles. The summed E-state index contributed by atoms with van der Waals surface area (Å²) in [4.78, 5) is 12.6. The largest absolute Gasteiger partial charge is 0.488 e. The van der Waals surface area contributed by atoms with Crippen LogP contribution in [0.15, 0.2) is 84.4 Å². The molecule has 0 aliphatic heterocycles. The summed E-state index contributed by atoms with van der Waals surface area (Å²) >= 11 is 8.22. The second-order valence-electron chi connectivity index (χ2n) is 7.74. The van der Waals surface area contributed by atoms with Gasteiger partial charge in [0.1, 0.15) is 24.0 Å². The number of carbonyl (C=O) groups excluding carboxylic acids is 1. The second kappa shape index (κ2) is 10.7. The summed E-state index contributed by atoms with van der Waals surface area (Å²) in [5.41, 5.74) is 3.25. The van der Waals surface area contributed by atoms with Gasteiger partial charge in [-0.1, -0.05) is 60.1 Å². The van der Waals surface area contributed by atoms with E-state index < -0.39 is 5.91 Å². The molecule has 0 spiro atoms. The molecule has 0 saturated carbocycles. The predicted molar refractivity (Wildman–Crippen MR) is 146 cm³/mol. The average Bonchev–Trinajstić information content (AvgIpc) is 2.84. The number of nitriles is 1. The van der Waals surface area contributed by atoms with Gasteiger partial charge in [-0.15, -0.1) is 0 Å². The molecule has 34 heavy (non-hydrogen) atoms. The summed E-state index contributed by atoms with van der Waals surface area (Å²) < 4.78 is 6.91.